The number of anilines is 1. The van der Waals surface area contributed by atoms with Gasteiger partial charge in [-0.1, -0.05) is 59.6 Å². The average Bonchev–Trinajstić information content (AvgIpc) is 3.68. The topological polar surface area (TPSA) is 75.3 Å². The lowest BCUT2D eigenvalue weighted by molar-refractivity contribution is 0.148. The molecule has 35 heavy (non-hydrogen) atoms. The van der Waals surface area contributed by atoms with Crippen molar-refractivity contribution in [1.29, 1.82) is 0 Å². The maximum absolute atomic E-state index is 11.2. The Balaban J connectivity index is 1.33. The molecule has 182 valence electrons. The van der Waals surface area contributed by atoms with Crippen LogP contribution in [0.2, 0.25) is 10.0 Å². The van der Waals surface area contributed by atoms with Crippen molar-refractivity contribution in [3.63, 3.8) is 0 Å². The number of aromatic nitrogens is 2. The molecule has 0 bridgehead atoms. The smallest absolute Gasteiger partial charge is 0.153 e. The highest BCUT2D eigenvalue weighted by Crippen LogP contribution is 2.52. The number of benzene rings is 2. The Labute approximate surface area is 216 Å². The molecule has 0 radical (unpaired) electrons. The largest absolute Gasteiger partial charge is 0.386 e. The van der Waals surface area contributed by atoms with Crippen molar-refractivity contribution in [3.05, 3.63) is 75.0 Å². The molecular formula is C28H30Cl2N4O. The van der Waals surface area contributed by atoms with E-state index >= 15 is 0 Å². The van der Waals surface area contributed by atoms with Crippen molar-refractivity contribution < 1.29 is 5.11 Å². The summed E-state index contributed by atoms with van der Waals surface area (Å²) >= 11 is 12.8. The second-order valence-corrected chi connectivity index (χ2v) is 11.2. The molecule has 3 aliphatic rings. The van der Waals surface area contributed by atoms with Crippen LogP contribution in [0.5, 0.6) is 0 Å². The van der Waals surface area contributed by atoms with Gasteiger partial charge in [-0.25, -0.2) is 9.97 Å². The van der Waals surface area contributed by atoms with Crippen molar-refractivity contribution in [2.24, 2.45) is 17.1 Å². The molecule has 1 saturated carbocycles. The second kappa shape index (κ2) is 8.74. The molecule has 2 fully saturated rings. The van der Waals surface area contributed by atoms with Crippen LogP contribution in [-0.2, 0) is 6.42 Å². The minimum Gasteiger partial charge on any atom is -0.386 e. The summed E-state index contributed by atoms with van der Waals surface area (Å²) < 4.78 is 0. The Morgan fingerprint density at radius 2 is 1.80 bits per heavy atom. The van der Waals surface area contributed by atoms with Gasteiger partial charge in [0.25, 0.3) is 0 Å². The van der Waals surface area contributed by atoms with Crippen molar-refractivity contribution in [2.75, 3.05) is 18.0 Å². The van der Waals surface area contributed by atoms with Crippen LogP contribution in [0.3, 0.4) is 0 Å². The summed E-state index contributed by atoms with van der Waals surface area (Å²) in [6.45, 7) is 3.64. The van der Waals surface area contributed by atoms with E-state index in [1.54, 1.807) is 6.07 Å². The minimum atomic E-state index is -0.635. The number of hydrogen-bond acceptors (Lipinski definition) is 5. The van der Waals surface area contributed by atoms with Crippen LogP contribution in [0, 0.1) is 18.3 Å². The first kappa shape index (κ1) is 23.2. The fraction of sp³-hybridized carbons (Fsp3) is 0.429. The van der Waals surface area contributed by atoms with Gasteiger partial charge in [-0.15, -0.1) is 0 Å². The van der Waals surface area contributed by atoms with E-state index in [0.29, 0.717) is 21.4 Å². The van der Waals surface area contributed by atoms with Gasteiger partial charge in [0.1, 0.15) is 11.8 Å². The van der Waals surface area contributed by atoms with Gasteiger partial charge in [0.05, 0.1) is 21.4 Å². The molecule has 2 heterocycles. The van der Waals surface area contributed by atoms with Crippen LogP contribution in [0.25, 0.3) is 11.3 Å². The SMILES string of the molecule is Cc1nc(N2CCC3(CC2)Cc2ccccc2[C@H]3N)c(C(O)C2CC2)nc1-c1cccc(Cl)c1Cl. The molecule has 2 aromatic carbocycles. The summed E-state index contributed by atoms with van der Waals surface area (Å²) in [6.07, 6.45) is 4.41. The van der Waals surface area contributed by atoms with E-state index in [1.165, 1.54) is 11.1 Å². The monoisotopic (exact) mass is 508 g/mol. The van der Waals surface area contributed by atoms with Gasteiger partial charge < -0.3 is 15.7 Å². The third-order valence-electron chi connectivity index (χ3n) is 8.28. The van der Waals surface area contributed by atoms with Crippen LogP contribution in [0.15, 0.2) is 42.5 Å². The van der Waals surface area contributed by atoms with Gasteiger partial charge in [0.2, 0.25) is 0 Å². The predicted molar refractivity (Wildman–Crippen MR) is 141 cm³/mol. The zero-order valence-electron chi connectivity index (χ0n) is 19.8. The molecule has 3 aromatic rings. The number of hydrogen-bond donors (Lipinski definition) is 2. The highest BCUT2D eigenvalue weighted by Gasteiger charge is 2.46. The van der Waals surface area contributed by atoms with Gasteiger partial charge in [0, 0.05) is 24.7 Å². The van der Waals surface area contributed by atoms with Crippen molar-refractivity contribution in [1.82, 2.24) is 9.97 Å². The molecule has 1 unspecified atom stereocenters. The number of aliphatic hydroxyl groups is 1. The van der Waals surface area contributed by atoms with E-state index in [9.17, 15) is 5.11 Å². The zero-order chi connectivity index (χ0) is 24.3. The molecule has 2 atom stereocenters. The Bertz CT molecular complexity index is 1280. The Kier molecular flexibility index (Phi) is 5.80. The van der Waals surface area contributed by atoms with Crippen LogP contribution < -0.4 is 10.6 Å². The molecule has 6 rings (SSSR count). The molecule has 1 aromatic heterocycles. The summed E-state index contributed by atoms with van der Waals surface area (Å²) in [4.78, 5) is 12.3. The molecule has 0 amide bonds. The fourth-order valence-electron chi connectivity index (χ4n) is 6.00. The zero-order valence-corrected chi connectivity index (χ0v) is 21.4. The van der Waals surface area contributed by atoms with Gasteiger partial charge in [0.15, 0.2) is 5.82 Å². The van der Waals surface area contributed by atoms with Crippen LogP contribution in [-0.4, -0.2) is 28.2 Å². The standard InChI is InChI=1S/C28H30Cl2N4O/c1-16-23(20-7-4-8-21(29)22(20)30)33-24(25(35)17-9-10-17)27(32-16)34-13-11-28(12-14-34)15-18-5-2-3-6-19(18)26(28)31/h2-8,17,25-26,35H,9-15,31H2,1H3/t25?,26-/m1/s1. The van der Waals surface area contributed by atoms with Gasteiger partial charge >= 0.3 is 0 Å². The number of fused-ring (bicyclic) bond motifs is 1. The molecule has 1 spiro atoms. The number of halogens is 2. The van der Waals surface area contributed by atoms with Crippen LogP contribution in [0.1, 0.15) is 60.3 Å². The Morgan fingerprint density at radius 1 is 1.06 bits per heavy atom. The highest BCUT2D eigenvalue weighted by molar-refractivity contribution is 6.43. The molecule has 5 nitrogen and oxygen atoms in total. The maximum atomic E-state index is 11.2. The first-order valence-electron chi connectivity index (χ1n) is 12.5. The number of nitrogens with two attached hydrogens (primary N) is 1. The highest BCUT2D eigenvalue weighted by atomic mass is 35.5. The lowest BCUT2D eigenvalue weighted by Crippen LogP contribution is -2.45. The molecule has 7 heteroatoms. The fourth-order valence-corrected chi connectivity index (χ4v) is 6.39. The number of rotatable bonds is 4. The van der Waals surface area contributed by atoms with Crippen LogP contribution >= 0.6 is 23.2 Å². The molecule has 3 N–H and O–H groups in total. The number of aryl methyl sites for hydroxylation is 1. The Hall–Kier alpha value is -2.18. The van der Waals surface area contributed by atoms with Crippen molar-refractivity contribution in [2.45, 2.75) is 51.2 Å². The average molecular weight is 509 g/mol. The van der Waals surface area contributed by atoms with Crippen molar-refractivity contribution >= 4 is 29.0 Å². The maximum Gasteiger partial charge on any atom is 0.153 e. The van der Waals surface area contributed by atoms with Gasteiger partial charge in [-0.3, -0.25) is 0 Å². The number of aliphatic hydroxyl groups excluding tert-OH is 1. The third kappa shape index (κ3) is 3.93. The van der Waals surface area contributed by atoms with E-state index in [1.807, 2.05) is 19.1 Å². The number of piperidine rings is 1. The molecule has 1 saturated heterocycles. The lowest BCUT2D eigenvalue weighted by Gasteiger charge is -2.43. The normalized spacial score (nSPS) is 21.9. The van der Waals surface area contributed by atoms with E-state index in [4.69, 9.17) is 38.9 Å². The van der Waals surface area contributed by atoms with Crippen LogP contribution in [0.4, 0.5) is 5.82 Å². The lowest BCUT2D eigenvalue weighted by atomic mass is 9.73. The summed E-state index contributed by atoms with van der Waals surface area (Å²) in [7, 11) is 0. The van der Waals surface area contributed by atoms with Gasteiger partial charge in [-0.2, -0.15) is 0 Å². The first-order valence-corrected chi connectivity index (χ1v) is 13.2. The summed E-state index contributed by atoms with van der Waals surface area (Å²) in [5, 5.41) is 12.2. The van der Waals surface area contributed by atoms with E-state index in [-0.39, 0.29) is 17.4 Å². The predicted octanol–water partition coefficient (Wildman–Crippen LogP) is 6.04. The summed E-state index contributed by atoms with van der Waals surface area (Å²) in [5.74, 6) is 1.03. The minimum absolute atomic E-state index is 0.0672. The van der Waals surface area contributed by atoms with E-state index in [0.717, 1.165) is 62.3 Å². The Morgan fingerprint density at radius 3 is 2.51 bits per heavy atom. The molecule has 2 aliphatic carbocycles. The first-order chi connectivity index (χ1) is 16.9. The number of nitrogens with zero attached hydrogens (tertiary/aromatic N) is 3. The van der Waals surface area contributed by atoms with E-state index in [2.05, 4.69) is 29.2 Å². The molecule has 1 aliphatic heterocycles. The molecular weight excluding hydrogens is 479 g/mol. The van der Waals surface area contributed by atoms with E-state index < -0.39 is 6.10 Å². The van der Waals surface area contributed by atoms with Gasteiger partial charge in [-0.05, 0) is 67.6 Å². The third-order valence-corrected chi connectivity index (χ3v) is 9.10. The second-order valence-electron chi connectivity index (χ2n) is 10.5. The summed E-state index contributed by atoms with van der Waals surface area (Å²) in [5.41, 5.74) is 12.4. The quantitative estimate of drug-likeness (QED) is 0.448. The van der Waals surface area contributed by atoms with Crippen molar-refractivity contribution in [3.8, 4) is 11.3 Å². The summed E-state index contributed by atoms with van der Waals surface area (Å²) in [6, 6.07) is 14.2.